The second-order valence-corrected chi connectivity index (χ2v) is 5.57. The van der Waals surface area contributed by atoms with E-state index in [1.807, 2.05) is 12.1 Å². The highest BCUT2D eigenvalue weighted by molar-refractivity contribution is 14.0. The number of ether oxygens (including phenoxy) is 2. The minimum Gasteiger partial charge on any atom is -0.494 e. The number of nitrogens with one attached hydrogen (secondary N) is 2. The number of rotatable bonds is 11. The molecule has 0 aliphatic rings. The quantitative estimate of drug-likeness (QED) is 0.218. The topological polar surface area (TPSA) is 68.0 Å². The molecule has 0 atom stereocenters. The van der Waals surface area contributed by atoms with Crippen molar-refractivity contribution in [3.05, 3.63) is 54.2 Å². The lowest BCUT2D eigenvalue weighted by Crippen LogP contribution is -2.38. The Labute approximate surface area is 176 Å². The highest BCUT2D eigenvalue weighted by Crippen LogP contribution is 2.10. The van der Waals surface area contributed by atoms with Crippen molar-refractivity contribution in [2.24, 2.45) is 4.99 Å². The second-order valence-electron chi connectivity index (χ2n) is 5.57. The first-order valence-corrected chi connectivity index (χ1v) is 8.71. The first-order chi connectivity index (χ1) is 12.8. The van der Waals surface area contributed by atoms with Gasteiger partial charge in [-0.15, -0.1) is 24.0 Å². The van der Waals surface area contributed by atoms with Crippen LogP contribution in [0.5, 0.6) is 5.75 Å². The third-order valence-electron chi connectivity index (χ3n) is 3.50. The summed E-state index contributed by atoms with van der Waals surface area (Å²) in [6.45, 7) is 3.19. The number of hydrogen-bond donors (Lipinski definition) is 2. The first-order valence-electron chi connectivity index (χ1n) is 8.71. The van der Waals surface area contributed by atoms with Gasteiger partial charge >= 0.3 is 0 Å². The molecule has 8 heteroatoms. The van der Waals surface area contributed by atoms with E-state index in [1.54, 1.807) is 25.4 Å². The molecule has 1 aromatic carbocycles. The molecule has 0 saturated carbocycles. The maximum Gasteiger partial charge on any atom is 0.190 e. The summed E-state index contributed by atoms with van der Waals surface area (Å²) >= 11 is 0. The molecule has 2 N–H and O–H groups in total. The van der Waals surface area contributed by atoms with Crippen molar-refractivity contribution in [3.8, 4) is 5.75 Å². The van der Waals surface area contributed by atoms with E-state index in [-0.39, 0.29) is 29.8 Å². The van der Waals surface area contributed by atoms with Crippen LogP contribution in [0.2, 0.25) is 0 Å². The lowest BCUT2D eigenvalue weighted by atomic mass is 10.3. The van der Waals surface area contributed by atoms with Gasteiger partial charge in [-0.3, -0.25) is 4.99 Å². The molecular weight excluding hydrogens is 464 g/mol. The van der Waals surface area contributed by atoms with Gasteiger partial charge in [-0.25, -0.2) is 4.39 Å². The fraction of sp³-hybridized carbons (Fsp3) is 0.421. The smallest absolute Gasteiger partial charge is 0.190 e. The van der Waals surface area contributed by atoms with Gasteiger partial charge in [0, 0.05) is 26.7 Å². The maximum atomic E-state index is 12.8. The molecule has 0 aliphatic carbocycles. The number of furan rings is 1. The highest BCUT2D eigenvalue weighted by atomic mass is 127. The van der Waals surface area contributed by atoms with Crippen molar-refractivity contribution in [2.45, 2.75) is 19.4 Å². The Morgan fingerprint density at radius 3 is 2.41 bits per heavy atom. The summed E-state index contributed by atoms with van der Waals surface area (Å²) in [6.07, 6.45) is 3.32. The third-order valence-corrected chi connectivity index (χ3v) is 3.50. The molecule has 1 aromatic heterocycles. The Balaban J connectivity index is 0.00000364. The van der Waals surface area contributed by atoms with E-state index in [2.05, 4.69) is 15.6 Å². The predicted octanol–water partition coefficient (Wildman–Crippen LogP) is 3.58. The van der Waals surface area contributed by atoms with Crippen LogP contribution in [0.4, 0.5) is 4.39 Å². The summed E-state index contributed by atoms with van der Waals surface area (Å²) in [4.78, 5) is 4.17. The summed E-state index contributed by atoms with van der Waals surface area (Å²) in [5, 5.41) is 6.45. The summed E-state index contributed by atoms with van der Waals surface area (Å²) in [5.41, 5.74) is 0. The average Bonchev–Trinajstić information content (AvgIpc) is 3.17. The molecule has 0 aliphatic heterocycles. The molecule has 150 valence electrons. The Kier molecular flexibility index (Phi) is 12.3. The molecule has 0 amide bonds. The molecule has 2 aromatic rings. The van der Waals surface area contributed by atoms with Gasteiger partial charge < -0.3 is 24.5 Å². The van der Waals surface area contributed by atoms with E-state index in [0.717, 1.165) is 37.7 Å². The predicted molar refractivity (Wildman–Crippen MR) is 114 cm³/mol. The van der Waals surface area contributed by atoms with Gasteiger partial charge in [0.05, 0.1) is 12.9 Å². The van der Waals surface area contributed by atoms with Gasteiger partial charge in [-0.1, -0.05) is 0 Å². The van der Waals surface area contributed by atoms with Crippen molar-refractivity contribution in [1.82, 2.24) is 10.6 Å². The molecule has 0 saturated heterocycles. The van der Waals surface area contributed by atoms with Crippen molar-refractivity contribution >= 4 is 29.9 Å². The summed E-state index contributed by atoms with van der Waals surface area (Å²) in [5.74, 6) is 1.99. The van der Waals surface area contributed by atoms with Crippen molar-refractivity contribution < 1.29 is 18.3 Å². The van der Waals surface area contributed by atoms with E-state index in [4.69, 9.17) is 13.9 Å². The largest absolute Gasteiger partial charge is 0.494 e. The van der Waals surface area contributed by atoms with Crippen LogP contribution in [0.1, 0.15) is 18.6 Å². The summed E-state index contributed by atoms with van der Waals surface area (Å²) in [6, 6.07) is 9.76. The van der Waals surface area contributed by atoms with Crippen LogP contribution in [-0.2, 0) is 11.3 Å². The molecule has 6 nitrogen and oxygen atoms in total. The van der Waals surface area contributed by atoms with Gasteiger partial charge in [0.1, 0.15) is 23.9 Å². The SMILES string of the molecule is CN=C(NCCCOCc1ccco1)NCCCOc1ccc(F)cc1.I. The van der Waals surface area contributed by atoms with Crippen LogP contribution < -0.4 is 15.4 Å². The molecule has 1 heterocycles. The van der Waals surface area contributed by atoms with E-state index >= 15 is 0 Å². The Bertz CT molecular complexity index is 636. The molecular formula is C19H27FIN3O3. The van der Waals surface area contributed by atoms with Gasteiger partial charge in [-0.05, 0) is 49.2 Å². The molecule has 0 fully saturated rings. The standard InChI is InChI=1S/C19H26FN3O3.HI/c1-21-19(22-10-3-12-24-15-18-5-2-13-26-18)23-11-4-14-25-17-8-6-16(20)7-9-17;/h2,5-9,13H,3-4,10-12,14-15H2,1H3,(H2,21,22,23);1H. The van der Waals surface area contributed by atoms with Crippen LogP contribution in [0.25, 0.3) is 0 Å². The second kappa shape index (κ2) is 14.3. The van der Waals surface area contributed by atoms with E-state index in [9.17, 15) is 4.39 Å². The molecule has 0 unspecified atom stereocenters. The zero-order chi connectivity index (χ0) is 18.5. The summed E-state index contributed by atoms with van der Waals surface area (Å²) < 4.78 is 29.1. The third kappa shape index (κ3) is 10.2. The molecule has 0 radical (unpaired) electrons. The summed E-state index contributed by atoms with van der Waals surface area (Å²) in [7, 11) is 1.73. The Morgan fingerprint density at radius 1 is 1.07 bits per heavy atom. The van der Waals surface area contributed by atoms with Crippen LogP contribution in [0.3, 0.4) is 0 Å². The molecule has 0 bridgehead atoms. The average molecular weight is 491 g/mol. The van der Waals surface area contributed by atoms with Crippen molar-refractivity contribution in [3.63, 3.8) is 0 Å². The van der Waals surface area contributed by atoms with E-state index < -0.39 is 0 Å². The van der Waals surface area contributed by atoms with E-state index in [0.29, 0.717) is 25.6 Å². The lowest BCUT2D eigenvalue weighted by molar-refractivity contribution is 0.105. The number of halogens is 2. The van der Waals surface area contributed by atoms with Crippen LogP contribution >= 0.6 is 24.0 Å². The van der Waals surface area contributed by atoms with Gasteiger partial charge in [0.15, 0.2) is 5.96 Å². The zero-order valence-corrected chi connectivity index (χ0v) is 17.8. The zero-order valence-electron chi connectivity index (χ0n) is 15.4. The Hall–Kier alpha value is -1.81. The van der Waals surface area contributed by atoms with Crippen molar-refractivity contribution in [2.75, 3.05) is 33.4 Å². The molecule has 2 rings (SSSR count). The fourth-order valence-electron chi connectivity index (χ4n) is 2.17. The fourth-order valence-corrected chi connectivity index (χ4v) is 2.17. The van der Waals surface area contributed by atoms with Gasteiger partial charge in [-0.2, -0.15) is 0 Å². The van der Waals surface area contributed by atoms with Crippen molar-refractivity contribution in [1.29, 1.82) is 0 Å². The lowest BCUT2D eigenvalue weighted by Gasteiger charge is -2.12. The van der Waals surface area contributed by atoms with Gasteiger partial charge in [0.2, 0.25) is 0 Å². The minimum absolute atomic E-state index is 0. The highest BCUT2D eigenvalue weighted by Gasteiger charge is 1.99. The number of aliphatic imine (C=N–C) groups is 1. The van der Waals surface area contributed by atoms with E-state index in [1.165, 1.54) is 12.1 Å². The monoisotopic (exact) mass is 491 g/mol. The van der Waals surface area contributed by atoms with Crippen LogP contribution in [-0.4, -0.2) is 39.3 Å². The number of benzene rings is 1. The number of nitrogens with zero attached hydrogens (tertiary/aromatic N) is 1. The van der Waals surface area contributed by atoms with Gasteiger partial charge in [0.25, 0.3) is 0 Å². The Morgan fingerprint density at radius 2 is 1.78 bits per heavy atom. The maximum absolute atomic E-state index is 12.8. The first kappa shape index (κ1) is 23.2. The normalized spacial score (nSPS) is 11.0. The minimum atomic E-state index is -0.264. The number of hydrogen-bond acceptors (Lipinski definition) is 4. The number of guanidine groups is 1. The van der Waals surface area contributed by atoms with Crippen LogP contribution in [0, 0.1) is 5.82 Å². The molecule has 27 heavy (non-hydrogen) atoms. The van der Waals surface area contributed by atoms with Crippen LogP contribution in [0.15, 0.2) is 52.1 Å². The molecule has 0 spiro atoms.